The van der Waals surface area contributed by atoms with Gasteiger partial charge in [-0.05, 0) is 30.3 Å². The average Bonchev–Trinajstić information content (AvgIpc) is 3.08. The fraction of sp³-hybridized carbons (Fsp3) is 0.158. The van der Waals surface area contributed by atoms with Gasteiger partial charge in [-0.25, -0.2) is 4.98 Å². The lowest BCUT2D eigenvalue weighted by Gasteiger charge is -2.18. The number of aromatic nitrogens is 1. The quantitative estimate of drug-likeness (QED) is 0.624. The lowest BCUT2D eigenvalue weighted by molar-refractivity contribution is 0.0989. The highest BCUT2D eigenvalue weighted by Gasteiger charge is 2.21. The first-order valence-electron chi connectivity index (χ1n) is 7.68. The van der Waals surface area contributed by atoms with Crippen LogP contribution in [0.25, 0.3) is 10.2 Å². The van der Waals surface area contributed by atoms with Gasteiger partial charge < -0.3 is 9.47 Å². The van der Waals surface area contributed by atoms with Gasteiger partial charge in [-0.2, -0.15) is 0 Å². The molecular weight excluding hydrogens is 336 g/mol. The van der Waals surface area contributed by atoms with E-state index < -0.39 is 0 Å². The van der Waals surface area contributed by atoms with Crippen molar-refractivity contribution in [1.82, 2.24) is 4.98 Å². The Bertz CT molecular complexity index is 887. The normalized spacial score (nSPS) is 10.5. The van der Waals surface area contributed by atoms with Crippen LogP contribution in [0.1, 0.15) is 10.4 Å². The van der Waals surface area contributed by atoms with E-state index in [1.807, 2.05) is 24.3 Å². The van der Waals surface area contributed by atoms with E-state index in [1.54, 1.807) is 43.4 Å². The van der Waals surface area contributed by atoms with Gasteiger partial charge in [-0.15, -0.1) is 6.58 Å². The van der Waals surface area contributed by atoms with Crippen LogP contribution in [0, 0.1) is 0 Å². The molecule has 128 valence electrons. The summed E-state index contributed by atoms with van der Waals surface area (Å²) in [5, 5.41) is 0.640. The number of para-hydroxylation sites is 1. The lowest BCUT2D eigenvalue weighted by Crippen LogP contribution is -2.30. The second-order valence-corrected chi connectivity index (χ2v) is 6.25. The maximum atomic E-state index is 13.0. The van der Waals surface area contributed by atoms with E-state index >= 15 is 0 Å². The van der Waals surface area contributed by atoms with E-state index in [2.05, 4.69) is 11.6 Å². The molecule has 0 unspecified atom stereocenters. The summed E-state index contributed by atoms with van der Waals surface area (Å²) in [7, 11) is 3.10. The SMILES string of the molecule is C=CCN(C(=O)c1ccc(OC)c(OC)c1)c1nc2ccccc2s1. The molecule has 5 nitrogen and oxygen atoms in total. The third-order valence-electron chi connectivity index (χ3n) is 3.70. The number of thiazole rings is 1. The molecule has 0 aliphatic rings. The Kier molecular flexibility index (Phi) is 5.00. The molecule has 6 heteroatoms. The summed E-state index contributed by atoms with van der Waals surface area (Å²) < 4.78 is 11.6. The summed E-state index contributed by atoms with van der Waals surface area (Å²) in [5.74, 6) is 0.922. The number of nitrogens with zero attached hydrogens (tertiary/aromatic N) is 2. The van der Waals surface area contributed by atoms with E-state index in [1.165, 1.54) is 11.3 Å². The summed E-state index contributed by atoms with van der Waals surface area (Å²) in [5.41, 5.74) is 1.37. The van der Waals surface area contributed by atoms with Crippen molar-refractivity contribution in [2.24, 2.45) is 0 Å². The van der Waals surface area contributed by atoms with E-state index in [9.17, 15) is 4.79 Å². The maximum Gasteiger partial charge on any atom is 0.260 e. The zero-order valence-electron chi connectivity index (χ0n) is 14.1. The van der Waals surface area contributed by atoms with Gasteiger partial charge >= 0.3 is 0 Å². The van der Waals surface area contributed by atoms with Crippen molar-refractivity contribution in [3.05, 3.63) is 60.7 Å². The van der Waals surface area contributed by atoms with Crippen LogP contribution in [0.3, 0.4) is 0 Å². The number of carbonyl (C=O) groups is 1. The highest BCUT2D eigenvalue weighted by atomic mass is 32.1. The summed E-state index contributed by atoms with van der Waals surface area (Å²) in [6.45, 7) is 4.12. The Labute approximate surface area is 150 Å². The first kappa shape index (κ1) is 17.0. The first-order chi connectivity index (χ1) is 12.2. The van der Waals surface area contributed by atoms with Crippen LogP contribution in [-0.2, 0) is 0 Å². The van der Waals surface area contributed by atoms with Crippen LogP contribution in [0.2, 0.25) is 0 Å². The van der Waals surface area contributed by atoms with Gasteiger partial charge in [0.1, 0.15) is 0 Å². The fourth-order valence-corrected chi connectivity index (χ4v) is 3.45. The van der Waals surface area contributed by atoms with Gasteiger partial charge in [0.15, 0.2) is 16.6 Å². The first-order valence-corrected chi connectivity index (χ1v) is 8.50. The van der Waals surface area contributed by atoms with E-state index in [0.29, 0.717) is 28.7 Å². The molecule has 0 spiro atoms. The van der Waals surface area contributed by atoms with Crippen molar-refractivity contribution in [2.45, 2.75) is 0 Å². The molecule has 3 aromatic rings. The summed E-state index contributed by atoms with van der Waals surface area (Å²) in [6, 6.07) is 12.9. The van der Waals surface area contributed by atoms with Crippen LogP contribution in [0.4, 0.5) is 5.13 Å². The standard InChI is InChI=1S/C19H18N2O3S/c1-4-11-21(19-20-14-7-5-6-8-17(14)25-19)18(22)13-9-10-15(23-2)16(12-13)24-3/h4-10,12H,1,11H2,2-3H3. The Morgan fingerprint density at radius 2 is 1.96 bits per heavy atom. The van der Waals surface area contributed by atoms with Crippen molar-refractivity contribution in [3.63, 3.8) is 0 Å². The zero-order chi connectivity index (χ0) is 17.8. The fourth-order valence-electron chi connectivity index (χ4n) is 2.48. The van der Waals surface area contributed by atoms with Gasteiger partial charge in [0.25, 0.3) is 5.91 Å². The van der Waals surface area contributed by atoms with E-state index in [-0.39, 0.29) is 5.91 Å². The second kappa shape index (κ2) is 7.36. The molecule has 0 fully saturated rings. The van der Waals surface area contributed by atoms with Crippen LogP contribution in [-0.4, -0.2) is 31.7 Å². The molecule has 2 aromatic carbocycles. The Morgan fingerprint density at radius 3 is 2.64 bits per heavy atom. The van der Waals surface area contributed by atoms with Crippen molar-refractivity contribution in [2.75, 3.05) is 25.7 Å². The number of methoxy groups -OCH3 is 2. The Balaban J connectivity index is 1.99. The van der Waals surface area contributed by atoms with Crippen molar-refractivity contribution < 1.29 is 14.3 Å². The smallest absolute Gasteiger partial charge is 0.260 e. The van der Waals surface area contributed by atoms with Crippen LogP contribution < -0.4 is 14.4 Å². The highest BCUT2D eigenvalue weighted by molar-refractivity contribution is 7.22. The minimum atomic E-state index is -0.167. The van der Waals surface area contributed by atoms with Crippen LogP contribution in [0.15, 0.2) is 55.1 Å². The number of amides is 1. The van der Waals surface area contributed by atoms with Gasteiger partial charge in [-0.3, -0.25) is 9.69 Å². The molecule has 25 heavy (non-hydrogen) atoms. The Morgan fingerprint density at radius 1 is 1.20 bits per heavy atom. The van der Waals surface area contributed by atoms with Crippen molar-refractivity contribution in [3.8, 4) is 11.5 Å². The Hall–Kier alpha value is -2.86. The number of anilines is 1. The van der Waals surface area contributed by atoms with E-state index in [4.69, 9.17) is 9.47 Å². The third kappa shape index (κ3) is 3.34. The number of rotatable bonds is 6. The van der Waals surface area contributed by atoms with Crippen molar-refractivity contribution >= 4 is 32.6 Å². The van der Waals surface area contributed by atoms with Crippen molar-refractivity contribution in [1.29, 1.82) is 0 Å². The van der Waals surface area contributed by atoms with Gasteiger partial charge in [0.05, 0.1) is 24.4 Å². The number of carbonyl (C=O) groups excluding carboxylic acids is 1. The third-order valence-corrected chi connectivity index (χ3v) is 4.76. The maximum absolute atomic E-state index is 13.0. The average molecular weight is 354 g/mol. The van der Waals surface area contributed by atoms with Crippen LogP contribution in [0.5, 0.6) is 11.5 Å². The minimum absolute atomic E-state index is 0.167. The number of benzene rings is 2. The summed E-state index contributed by atoms with van der Waals surface area (Å²) in [4.78, 5) is 19.2. The largest absolute Gasteiger partial charge is 0.493 e. The van der Waals surface area contributed by atoms with Crippen LogP contribution >= 0.6 is 11.3 Å². The predicted molar refractivity (Wildman–Crippen MR) is 101 cm³/mol. The molecule has 1 aromatic heterocycles. The topological polar surface area (TPSA) is 51.7 Å². The molecule has 0 N–H and O–H groups in total. The zero-order valence-corrected chi connectivity index (χ0v) is 14.9. The molecule has 0 aliphatic heterocycles. The molecule has 1 amide bonds. The number of fused-ring (bicyclic) bond motifs is 1. The molecule has 0 aliphatic carbocycles. The molecular formula is C19H18N2O3S. The molecule has 0 radical (unpaired) electrons. The second-order valence-electron chi connectivity index (χ2n) is 5.24. The molecule has 0 saturated heterocycles. The number of ether oxygens (including phenoxy) is 2. The molecule has 0 saturated carbocycles. The van der Waals surface area contributed by atoms with Gasteiger partial charge in [0.2, 0.25) is 0 Å². The molecule has 1 heterocycles. The minimum Gasteiger partial charge on any atom is -0.493 e. The summed E-state index contributed by atoms with van der Waals surface area (Å²) in [6.07, 6.45) is 1.69. The molecule has 0 bridgehead atoms. The highest BCUT2D eigenvalue weighted by Crippen LogP contribution is 2.32. The van der Waals surface area contributed by atoms with E-state index in [0.717, 1.165) is 10.2 Å². The molecule has 0 atom stereocenters. The number of hydrogen-bond acceptors (Lipinski definition) is 5. The lowest BCUT2D eigenvalue weighted by atomic mass is 10.1. The van der Waals surface area contributed by atoms with Gasteiger partial charge in [-0.1, -0.05) is 29.5 Å². The van der Waals surface area contributed by atoms with Gasteiger partial charge in [0, 0.05) is 12.1 Å². The predicted octanol–water partition coefficient (Wildman–Crippen LogP) is 4.15. The number of hydrogen-bond donors (Lipinski definition) is 0. The summed E-state index contributed by atoms with van der Waals surface area (Å²) >= 11 is 1.48. The monoisotopic (exact) mass is 354 g/mol. The molecule has 3 rings (SSSR count).